The molecule has 0 radical (unpaired) electrons. The summed E-state index contributed by atoms with van der Waals surface area (Å²) >= 11 is 0. The Bertz CT molecular complexity index is 295. The van der Waals surface area contributed by atoms with Gasteiger partial charge < -0.3 is 4.74 Å². The molecule has 5 atom stereocenters. The van der Waals surface area contributed by atoms with Gasteiger partial charge in [0.05, 0.1) is 11.7 Å². The van der Waals surface area contributed by atoms with Crippen molar-refractivity contribution in [2.45, 2.75) is 57.7 Å². The highest BCUT2D eigenvalue weighted by Gasteiger charge is 2.89. The van der Waals surface area contributed by atoms with Gasteiger partial charge in [-0.05, 0) is 37.5 Å². The van der Waals surface area contributed by atoms with Crippen LogP contribution in [0.5, 0.6) is 0 Å². The summed E-state index contributed by atoms with van der Waals surface area (Å²) in [6.45, 7) is 4.75. The number of ether oxygens (including phenoxy) is 1. The molecule has 3 aliphatic carbocycles. The van der Waals surface area contributed by atoms with Crippen LogP contribution in [0.1, 0.15) is 46.0 Å². The monoisotopic (exact) mass is 178 g/mol. The lowest BCUT2D eigenvalue weighted by Crippen LogP contribution is -2.72. The molecule has 0 bridgehead atoms. The average Bonchev–Trinajstić information content (AvgIpc) is 2.65. The summed E-state index contributed by atoms with van der Waals surface area (Å²) in [6, 6.07) is 0. The second-order valence-electron chi connectivity index (χ2n) is 6.08. The number of hydrogen-bond acceptors (Lipinski definition) is 1. The zero-order valence-corrected chi connectivity index (χ0v) is 8.60. The van der Waals surface area contributed by atoms with Gasteiger partial charge in [-0.2, -0.15) is 0 Å². The van der Waals surface area contributed by atoms with Gasteiger partial charge in [0, 0.05) is 11.3 Å². The van der Waals surface area contributed by atoms with Crippen molar-refractivity contribution in [3.05, 3.63) is 0 Å². The number of hydrogen-bond donors (Lipinski definition) is 0. The number of rotatable bonds is 1. The van der Waals surface area contributed by atoms with Gasteiger partial charge in [-0.1, -0.05) is 13.8 Å². The highest BCUT2D eigenvalue weighted by atomic mass is 16.5. The van der Waals surface area contributed by atoms with E-state index in [0.717, 1.165) is 5.92 Å². The predicted octanol–water partition coefficient (Wildman–Crippen LogP) is 2.74. The molecule has 4 aliphatic rings. The Morgan fingerprint density at radius 1 is 1.38 bits per heavy atom. The summed E-state index contributed by atoms with van der Waals surface area (Å²) in [5.41, 5.74) is 1.82. The first kappa shape index (κ1) is 7.28. The van der Waals surface area contributed by atoms with Gasteiger partial charge in [0.1, 0.15) is 0 Å². The molecule has 0 N–H and O–H groups in total. The maximum Gasteiger partial charge on any atom is 0.0801 e. The molecule has 0 aromatic carbocycles. The summed E-state index contributed by atoms with van der Waals surface area (Å²) in [7, 11) is 0. The molecule has 1 aliphatic heterocycles. The molecular weight excluding hydrogens is 160 g/mol. The molecule has 1 heterocycles. The molecule has 72 valence electrons. The molecule has 1 saturated heterocycles. The molecule has 1 nitrogen and oxygen atoms in total. The molecule has 4 rings (SSSR count). The quantitative estimate of drug-likeness (QED) is 0.600. The third-order valence-electron chi connectivity index (χ3n) is 5.96. The minimum absolute atomic E-state index is 0.419. The normalized spacial score (nSPS) is 71.5. The minimum atomic E-state index is 0.419. The van der Waals surface area contributed by atoms with Crippen LogP contribution < -0.4 is 0 Å². The molecule has 3 saturated carbocycles. The molecule has 13 heavy (non-hydrogen) atoms. The van der Waals surface area contributed by atoms with Crippen LogP contribution >= 0.6 is 0 Å². The van der Waals surface area contributed by atoms with E-state index in [1.54, 1.807) is 0 Å². The van der Waals surface area contributed by atoms with Crippen LogP contribution in [0.2, 0.25) is 0 Å². The first-order valence-corrected chi connectivity index (χ1v) is 5.85. The molecule has 0 amide bonds. The van der Waals surface area contributed by atoms with Crippen molar-refractivity contribution in [3.63, 3.8) is 0 Å². The van der Waals surface area contributed by atoms with Crippen molar-refractivity contribution < 1.29 is 4.74 Å². The Labute approximate surface area is 79.8 Å². The summed E-state index contributed by atoms with van der Waals surface area (Å²) in [5.74, 6) is 0.960. The highest BCUT2D eigenvalue weighted by Crippen LogP contribution is 2.90. The van der Waals surface area contributed by atoms with E-state index in [0.29, 0.717) is 22.5 Å². The Morgan fingerprint density at radius 3 is 2.77 bits per heavy atom. The van der Waals surface area contributed by atoms with E-state index in [1.807, 2.05) is 0 Å². The van der Waals surface area contributed by atoms with Crippen molar-refractivity contribution >= 4 is 0 Å². The van der Waals surface area contributed by atoms with Crippen molar-refractivity contribution in [2.24, 2.45) is 16.7 Å². The van der Waals surface area contributed by atoms with Crippen LogP contribution in [-0.2, 0) is 4.74 Å². The van der Waals surface area contributed by atoms with Crippen LogP contribution in [0.3, 0.4) is 0 Å². The smallest absolute Gasteiger partial charge is 0.0801 e. The molecule has 4 fully saturated rings. The first-order chi connectivity index (χ1) is 6.18. The Morgan fingerprint density at radius 2 is 2.23 bits per heavy atom. The van der Waals surface area contributed by atoms with Crippen LogP contribution in [-0.4, -0.2) is 11.7 Å². The molecule has 3 unspecified atom stereocenters. The Kier molecular flexibility index (Phi) is 0.896. The van der Waals surface area contributed by atoms with E-state index < -0.39 is 0 Å². The standard InChI is InChI=1S/C12H18O/c1-3-9-8-6-11-7-10(11,2)4-5-12(8,11)13-9/h8-9H,3-7H2,1-2H3/t8-,9-,10?,11?,12?/m0/s1. The van der Waals surface area contributed by atoms with Gasteiger partial charge in [-0.3, -0.25) is 0 Å². The fourth-order valence-corrected chi connectivity index (χ4v) is 5.09. The average molecular weight is 178 g/mol. The fourth-order valence-electron chi connectivity index (χ4n) is 5.09. The summed E-state index contributed by atoms with van der Waals surface area (Å²) < 4.78 is 6.21. The maximum absolute atomic E-state index is 6.21. The van der Waals surface area contributed by atoms with Crippen LogP contribution in [0.15, 0.2) is 0 Å². The molecular formula is C12H18O. The first-order valence-electron chi connectivity index (χ1n) is 5.85. The molecule has 0 aromatic rings. The van der Waals surface area contributed by atoms with Gasteiger partial charge >= 0.3 is 0 Å². The Hall–Kier alpha value is -0.0400. The Balaban J connectivity index is 1.70. The van der Waals surface area contributed by atoms with Crippen molar-refractivity contribution in [1.29, 1.82) is 0 Å². The van der Waals surface area contributed by atoms with E-state index in [4.69, 9.17) is 4.74 Å². The van der Waals surface area contributed by atoms with E-state index in [-0.39, 0.29) is 0 Å². The minimum Gasteiger partial charge on any atom is -0.370 e. The summed E-state index contributed by atoms with van der Waals surface area (Å²) in [6.07, 6.45) is 7.67. The lowest BCUT2D eigenvalue weighted by Gasteiger charge is -2.67. The molecule has 1 heteroatoms. The zero-order chi connectivity index (χ0) is 8.90. The van der Waals surface area contributed by atoms with Gasteiger partial charge in [0.15, 0.2) is 0 Å². The topological polar surface area (TPSA) is 9.23 Å². The summed E-state index contributed by atoms with van der Waals surface area (Å²) in [5, 5.41) is 0. The molecule has 0 aromatic heterocycles. The second-order valence-corrected chi connectivity index (χ2v) is 6.08. The highest BCUT2D eigenvalue weighted by molar-refractivity contribution is 5.38. The van der Waals surface area contributed by atoms with Gasteiger partial charge in [0.25, 0.3) is 0 Å². The van der Waals surface area contributed by atoms with E-state index in [1.165, 1.54) is 32.1 Å². The van der Waals surface area contributed by atoms with Crippen molar-refractivity contribution in [3.8, 4) is 0 Å². The van der Waals surface area contributed by atoms with E-state index >= 15 is 0 Å². The van der Waals surface area contributed by atoms with Crippen molar-refractivity contribution in [1.82, 2.24) is 0 Å². The summed E-state index contributed by atoms with van der Waals surface area (Å²) in [4.78, 5) is 0. The maximum atomic E-state index is 6.21. The largest absolute Gasteiger partial charge is 0.370 e. The second kappa shape index (κ2) is 1.60. The predicted molar refractivity (Wildman–Crippen MR) is 50.4 cm³/mol. The van der Waals surface area contributed by atoms with Crippen LogP contribution in [0.4, 0.5) is 0 Å². The third-order valence-corrected chi connectivity index (χ3v) is 5.96. The van der Waals surface area contributed by atoms with Crippen LogP contribution in [0.25, 0.3) is 0 Å². The van der Waals surface area contributed by atoms with Gasteiger partial charge in [0.2, 0.25) is 0 Å². The SMILES string of the molecule is CC[C@@H]1OC23CCC4(C)CC42C[C@@H]13. The lowest BCUT2D eigenvalue weighted by atomic mass is 9.51. The molecule has 2 spiro atoms. The fraction of sp³-hybridized carbons (Fsp3) is 1.00. The van der Waals surface area contributed by atoms with Crippen molar-refractivity contribution in [2.75, 3.05) is 0 Å². The lowest BCUT2D eigenvalue weighted by molar-refractivity contribution is -0.353. The van der Waals surface area contributed by atoms with E-state index in [9.17, 15) is 0 Å². The zero-order valence-electron chi connectivity index (χ0n) is 8.60. The third kappa shape index (κ3) is 0.457. The van der Waals surface area contributed by atoms with Gasteiger partial charge in [-0.25, -0.2) is 0 Å². The van der Waals surface area contributed by atoms with E-state index in [2.05, 4.69) is 13.8 Å². The van der Waals surface area contributed by atoms with Crippen LogP contribution in [0, 0.1) is 16.7 Å². The van der Waals surface area contributed by atoms with Gasteiger partial charge in [-0.15, -0.1) is 0 Å².